The Balaban J connectivity index is 1.73. The summed E-state index contributed by atoms with van der Waals surface area (Å²) in [6.07, 6.45) is 0.785. The number of hydrogen-bond donors (Lipinski definition) is 2. The minimum absolute atomic E-state index is 0.0387. The first kappa shape index (κ1) is 23.9. The third-order valence-corrected chi connectivity index (χ3v) is 4.86. The van der Waals surface area contributed by atoms with E-state index >= 15 is 0 Å². The number of methoxy groups -OCH3 is 3. The summed E-state index contributed by atoms with van der Waals surface area (Å²) in [5.41, 5.74) is 2.73. The van der Waals surface area contributed by atoms with Crippen LogP contribution in [-0.2, 0) is 22.5 Å². The summed E-state index contributed by atoms with van der Waals surface area (Å²) in [7, 11) is 4.55. The molecule has 0 saturated heterocycles. The minimum Gasteiger partial charge on any atom is -0.497 e. The van der Waals surface area contributed by atoms with Gasteiger partial charge in [-0.05, 0) is 42.3 Å². The molecule has 0 spiro atoms. The zero-order valence-corrected chi connectivity index (χ0v) is 18.9. The van der Waals surface area contributed by atoms with Crippen LogP contribution in [0.15, 0.2) is 48.5 Å². The fourth-order valence-electron chi connectivity index (χ4n) is 3.13. The quantitative estimate of drug-likeness (QED) is 0.459. The summed E-state index contributed by atoms with van der Waals surface area (Å²) in [4.78, 5) is 20.4. The number of benzene rings is 2. The van der Waals surface area contributed by atoms with Gasteiger partial charge in [0.1, 0.15) is 24.0 Å². The topological polar surface area (TPSA) is 94.6 Å². The van der Waals surface area contributed by atoms with Crippen molar-refractivity contribution in [2.75, 3.05) is 39.8 Å². The highest BCUT2D eigenvalue weighted by atomic mass is 19.1. The molecule has 1 heterocycles. The molecule has 3 rings (SSSR count). The Morgan fingerprint density at radius 3 is 2.48 bits per heavy atom. The maximum atomic E-state index is 14.3. The summed E-state index contributed by atoms with van der Waals surface area (Å²) in [6.45, 7) is 0.596. The molecule has 0 unspecified atom stereocenters. The Morgan fingerprint density at radius 2 is 1.79 bits per heavy atom. The van der Waals surface area contributed by atoms with Gasteiger partial charge < -0.3 is 24.8 Å². The molecule has 0 saturated carbocycles. The maximum absolute atomic E-state index is 14.3. The molecule has 0 bridgehead atoms. The number of halogens is 1. The number of ether oxygens (including phenoxy) is 3. The largest absolute Gasteiger partial charge is 0.497 e. The Hall–Kier alpha value is -3.72. The van der Waals surface area contributed by atoms with E-state index in [1.54, 1.807) is 25.3 Å². The van der Waals surface area contributed by atoms with Gasteiger partial charge in [-0.15, -0.1) is 0 Å². The van der Waals surface area contributed by atoms with Gasteiger partial charge >= 0.3 is 6.01 Å². The van der Waals surface area contributed by atoms with Crippen molar-refractivity contribution in [1.29, 1.82) is 0 Å². The zero-order valence-electron chi connectivity index (χ0n) is 18.9. The van der Waals surface area contributed by atoms with Crippen LogP contribution >= 0.6 is 0 Å². The lowest BCUT2D eigenvalue weighted by atomic mass is 10.1. The second kappa shape index (κ2) is 11.8. The van der Waals surface area contributed by atoms with Crippen molar-refractivity contribution in [1.82, 2.24) is 15.3 Å². The third kappa shape index (κ3) is 6.88. The van der Waals surface area contributed by atoms with Gasteiger partial charge in [0.05, 0.1) is 19.9 Å². The summed E-state index contributed by atoms with van der Waals surface area (Å²) in [5.74, 6) is 0.656. The van der Waals surface area contributed by atoms with E-state index in [0.29, 0.717) is 29.2 Å². The first-order chi connectivity index (χ1) is 16.0. The van der Waals surface area contributed by atoms with E-state index < -0.39 is 5.82 Å². The molecule has 9 heteroatoms. The number of hydrogen-bond acceptors (Lipinski definition) is 7. The van der Waals surface area contributed by atoms with Crippen molar-refractivity contribution < 1.29 is 23.4 Å². The van der Waals surface area contributed by atoms with Crippen molar-refractivity contribution in [3.63, 3.8) is 0 Å². The lowest BCUT2D eigenvalue weighted by molar-refractivity contribution is -0.124. The van der Waals surface area contributed by atoms with E-state index in [4.69, 9.17) is 14.2 Å². The number of rotatable bonds is 11. The molecule has 3 aromatic rings. The first-order valence-electron chi connectivity index (χ1n) is 10.4. The van der Waals surface area contributed by atoms with Gasteiger partial charge in [0.15, 0.2) is 0 Å². The molecule has 0 atom stereocenters. The monoisotopic (exact) mass is 454 g/mol. The van der Waals surface area contributed by atoms with Crippen LogP contribution in [0.4, 0.5) is 10.2 Å². The number of nitrogens with one attached hydrogen (secondary N) is 2. The van der Waals surface area contributed by atoms with E-state index in [1.165, 1.54) is 20.3 Å². The highest BCUT2D eigenvalue weighted by Crippen LogP contribution is 2.24. The van der Waals surface area contributed by atoms with Crippen LogP contribution in [0.2, 0.25) is 0 Å². The van der Waals surface area contributed by atoms with Gasteiger partial charge in [-0.25, -0.2) is 4.39 Å². The molecule has 2 N–H and O–H groups in total. The molecule has 2 aromatic carbocycles. The molecule has 0 fully saturated rings. The fourth-order valence-corrected chi connectivity index (χ4v) is 3.13. The second-order valence-corrected chi connectivity index (χ2v) is 7.17. The van der Waals surface area contributed by atoms with Gasteiger partial charge in [-0.2, -0.15) is 9.97 Å². The first-order valence-corrected chi connectivity index (χ1v) is 10.4. The average molecular weight is 455 g/mol. The molecule has 8 nitrogen and oxygen atoms in total. The average Bonchev–Trinajstić information content (AvgIpc) is 2.84. The van der Waals surface area contributed by atoms with Gasteiger partial charge in [0, 0.05) is 37.4 Å². The van der Waals surface area contributed by atoms with E-state index in [9.17, 15) is 9.18 Å². The van der Waals surface area contributed by atoms with E-state index in [-0.39, 0.29) is 25.1 Å². The SMILES string of the molecule is COCC(=O)NCc1cc(-c2cc(NCCc3ccc(OC)cc3)nc(OC)n2)ccc1F. The van der Waals surface area contributed by atoms with Crippen molar-refractivity contribution in [2.45, 2.75) is 13.0 Å². The Bertz CT molecular complexity index is 1080. The molecule has 1 aromatic heterocycles. The molecular formula is C24H27FN4O4. The lowest BCUT2D eigenvalue weighted by Crippen LogP contribution is -2.26. The van der Waals surface area contributed by atoms with Gasteiger partial charge in [-0.3, -0.25) is 4.79 Å². The van der Waals surface area contributed by atoms with Crippen LogP contribution in [0, 0.1) is 5.82 Å². The van der Waals surface area contributed by atoms with Crippen molar-refractivity contribution in [3.8, 4) is 23.0 Å². The van der Waals surface area contributed by atoms with Crippen LogP contribution in [0.3, 0.4) is 0 Å². The molecule has 33 heavy (non-hydrogen) atoms. The highest BCUT2D eigenvalue weighted by Gasteiger charge is 2.11. The van der Waals surface area contributed by atoms with Crippen LogP contribution in [0.1, 0.15) is 11.1 Å². The maximum Gasteiger partial charge on any atom is 0.318 e. The molecule has 0 radical (unpaired) electrons. The molecule has 1 amide bonds. The molecular weight excluding hydrogens is 427 g/mol. The fraction of sp³-hybridized carbons (Fsp3) is 0.292. The predicted molar refractivity (Wildman–Crippen MR) is 123 cm³/mol. The Labute approximate surface area is 192 Å². The predicted octanol–water partition coefficient (Wildman–Crippen LogP) is 3.22. The molecule has 0 aliphatic rings. The van der Waals surface area contributed by atoms with Crippen LogP contribution in [0.25, 0.3) is 11.3 Å². The number of carbonyl (C=O) groups excluding carboxylic acids is 1. The molecule has 0 aliphatic heterocycles. The van der Waals surface area contributed by atoms with E-state index in [1.807, 2.05) is 24.3 Å². The van der Waals surface area contributed by atoms with E-state index in [2.05, 4.69) is 20.6 Å². The summed E-state index contributed by atoms with van der Waals surface area (Å²) < 4.78 is 29.5. The smallest absolute Gasteiger partial charge is 0.318 e. The number of nitrogens with zero attached hydrogens (tertiary/aromatic N) is 2. The number of anilines is 1. The standard InChI is InChI=1S/C24H27FN4O4/c1-31-15-23(30)27-14-18-12-17(6-9-20(18)25)21-13-22(29-24(28-21)33-3)26-11-10-16-4-7-19(32-2)8-5-16/h4-9,12-13H,10-11,14-15H2,1-3H3,(H,27,30)(H,26,28,29). The Kier molecular flexibility index (Phi) is 8.54. The number of aromatic nitrogens is 2. The summed E-state index contributed by atoms with van der Waals surface area (Å²) >= 11 is 0. The van der Waals surface area contributed by atoms with Crippen molar-refractivity contribution in [2.24, 2.45) is 0 Å². The Morgan fingerprint density at radius 1 is 1.00 bits per heavy atom. The number of carbonyl (C=O) groups is 1. The molecule has 0 aliphatic carbocycles. The van der Waals surface area contributed by atoms with Crippen molar-refractivity contribution in [3.05, 3.63) is 65.5 Å². The van der Waals surface area contributed by atoms with Gasteiger partial charge in [0.25, 0.3) is 0 Å². The van der Waals surface area contributed by atoms with Crippen LogP contribution in [-0.4, -0.2) is 50.4 Å². The molecule has 174 valence electrons. The summed E-state index contributed by atoms with van der Waals surface area (Å²) in [6, 6.07) is 14.4. The highest BCUT2D eigenvalue weighted by molar-refractivity contribution is 5.77. The third-order valence-electron chi connectivity index (χ3n) is 4.86. The van der Waals surface area contributed by atoms with Gasteiger partial charge in [0.2, 0.25) is 5.91 Å². The van der Waals surface area contributed by atoms with Crippen LogP contribution < -0.4 is 20.1 Å². The second-order valence-electron chi connectivity index (χ2n) is 7.17. The van der Waals surface area contributed by atoms with Crippen molar-refractivity contribution >= 4 is 11.7 Å². The minimum atomic E-state index is -0.421. The summed E-state index contributed by atoms with van der Waals surface area (Å²) in [5, 5.41) is 5.90. The van der Waals surface area contributed by atoms with Gasteiger partial charge in [-0.1, -0.05) is 12.1 Å². The van der Waals surface area contributed by atoms with Crippen LogP contribution in [0.5, 0.6) is 11.8 Å². The normalized spacial score (nSPS) is 10.5. The number of amides is 1. The lowest BCUT2D eigenvalue weighted by Gasteiger charge is -2.11. The van der Waals surface area contributed by atoms with E-state index in [0.717, 1.165) is 17.7 Å². The zero-order chi connectivity index (χ0) is 23.6.